The summed E-state index contributed by atoms with van der Waals surface area (Å²) in [6.07, 6.45) is 3.36. The summed E-state index contributed by atoms with van der Waals surface area (Å²) in [5.74, 6) is 1.90. The van der Waals surface area contributed by atoms with E-state index in [1.54, 1.807) is 0 Å². The molecule has 0 radical (unpaired) electrons. The van der Waals surface area contributed by atoms with Crippen LogP contribution in [0.1, 0.15) is 32.3 Å². The molecule has 0 aliphatic heterocycles. The van der Waals surface area contributed by atoms with Gasteiger partial charge in [-0.15, -0.1) is 0 Å². The number of hydrogen-bond donors (Lipinski definition) is 2. The molecule has 1 rings (SSSR count). The molecule has 5 heteroatoms. The molecule has 1 unspecified atom stereocenters. The summed E-state index contributed by atoms with van der Waals surface area (Å²) in [4.78, 5) is 8.32. The topological polar surface area (TPSA) is 67.3 Å². The Morgan fingerprint density at radius 1 is 1.39 bits per heavy atom. The molecule has 18 heavy (non-hydrogen) atoms. The van der Waals surface area contributed by atoms with E-state index < -0.39 is 0 Å². The average molecular weight is 253 g/mol. The van der Waals surface area contributed by atoms with E-state index >= 15 is 0 Å². The van der Waals surface area contributed by atoms with Crippen molar-refractivity contribution in [1.82, 2.24) is 9.97 Å². The lowest BCUT2D eigenvalue weighted by atomic mass is 10.0. The van der Waals surface area contributed by atoms with Crippen molar-refractivity contribution in [1.29, 1.82) is 0 Å². The van der Waals surface area contributed by atoms with Gasteiger partial charge in [0.2, 0.25) is 5.88 Å². The van der Waals surface area contributed by atoms with E-state index in [1.165, 1.54) is 6.33 Å². The molecule has 1 aromatic heterocycles. The van der Waals surface area contributed by atoms with Crippen molar-refractivity contribution in [2.24, 2.45) is 5.92 Å². The molecule has 0 spiro atoms. The molecule has 0 amide bonds. The van der Waals surface area contributed by atoms with Crippen molar-refractivity contribution < 1.29 is 9.84 Å². The highest BCUT2D eigenvalue weighted by molar-refractivity contribution is 5.47. The lowest BCUT2D eigenvalue weighted by molar-refractivity contribution is 0.258. The number of ether oxygens (including phenoxy) is 1. The van der Waals surface area contributed by atoms with E-state index in [0.29, 0.717) is 18.4 Å². The van der Waals surface area contributed by atoms with Crippen molar-refractivity contribution >= 4 is 5.82 Å². The van der Waals surface area contributed by atoms with Gasteiger partial charge in [-0.05, 0) is 26.2 Å². The van der Waals surface area contributed by atoms with Crippen molar-refractivity contribution in [3.05, 3.63) is 11.9 Å². The molecule has 5 nitrogen and oxygen atoms in total. The third-order valence-electron chi connectivity index (χ3n) is 2.99. The van der Waals surface area contributed by atoms with Gasteiger partial charge in [-0.3, -0.25) is 0 Å². The van der Waals surface area contributed by atoms with E-state index in [9.17, 15) is 0 Å². The minimum absolute atomic E-state index is 0.229. The smallest absolute Gasteiger partial charge is 0.221 e. The summed E-state index contributed by atoms with van der Waals surface area (Å²) in [7, 11) is 0. The van der Waals surface area contributed by atoms with E-state index in [0.717, 1.165) is 30.8 Å². The van der Waals surface area contributed by atoms with Crippen LogP contribution < -0.4 is 10.1 Å². The normalized spacial score (nSPS) is 12.2. The largest absolute Gasteiger partial charge is 0.478 e. The SMILES string of the molecule is CCOc1ncnc(NCC(CC)CCO)c1C. The second-order valence-corrected chi connectivity index (χ2v) is 4.25. The van der Waals surface area contributed by atoms with Gasteiger partial charge in [0.25, 0.3) is 0 Å². The summed E-state index contributed by atoms with van der Waals surface area (Å²) in [6, 6.07) is 0. The molecule has 0 aromatic carbocycles. The Labute approximate surface area is 109 Å². The maximum atomic E-state index is 8.96. The quantitative estimate of drug-likeness (QED) is 0.741. The van der Waals surface area contributed by atoms with Crippen LogP contribution in [0.2, 0.25) is 0 Å². The molecule has 0 saturated carbocycles. The summed E-state index contributed by atoms with van der Waals surface area (Å²) in [6.45, 7) is 7.64. The van der Waals surface area contributed by atoms with Crippen LogP contribution in [0.5, 0.6) is 5.88 Å². The molecule has 1 atom stereocenters. The zero-order chi connectivity index (χ0) is 13.4. The van der Waals surface area contributed by atoms with Crippen LogP contribution in [0.3, 0.4) is 0 Å². The van der Waals surface area contributed by atoms with Gasteiger partial charge in [-0.1, -0.05) is 13.3 Å². The van der Waals surface area contributed by atoms with Crippen molar-refractivity contribution in [3.8, 4) is 5.88 Å². The number of aliphatic hydroxyl groups excluding tert-OH is 1. The van der Waals surface area contributed by atoms with Crippen LogP contribution in [-0.4, -0.2) is 34.8 Å². The van der Waals surface area contributed by atoms with Gasteiger partial charge in [-0.25, -0.2) is 9.97 Å². The van der Waals surface area contributed by atoms with Crippen molar-refractivity contribution in [2.45, 2.75) is 33.6 Å². The first-order valence-electron chi connectivity index (χ1n) is 6.52. The summed E-state index contributed by atoms with van der Waals surface area (Å²) in [5.41, 5.74) is 0.929. The van der Waals surface area contributed by atoms with Gasteiger partial charge in [0.1, 0.15) is 12.1 Å². The van der Waals surface area contributed by atoms with Crippen LogP contribution in [-0.2, 0) is 0 Å². The number of hydrogen-bond acceptors (Lipinski definition) is 5. The number of anilines is 1. The van der Waals surface area contributed by atoms with Gasteiger partial charge in [-0.2, -0.15) is 0 Å². The summed E-state index contributed by atoms with van der Waals surface area (Å²) >= 11 is 0. The first-order chi connectivity index (χ1) is 8.72. The zero-order valence-corrected chi connectivity index (χ0v) is 11.4. The fourth-order valence-electron chi connectivity index (χ4n) is 1.77. The van der Waals surface area contributed by atoms with Gasteiger partial charge in [0, 0.05) is 13.2 Å². The zero-order valence-electron chi connectivity index (χ0n) is 11.4. The number of nitrogens with one attached hydrogen (secondary N) is 1. The lowest BCUT2D eigenvalue weighted by Gasteiger charge is -2.16. The highest BCUT2D eigenvalue weighted by Gasteiger charge is 2.10. The second kappa shape index (κ2) is 7.87. The monoisotopic (exact) mass is 253 g/mol. The molecular formula is C13H23N3O2. The van der Waals surface area contributed by atoms with E-state index in [2.05, 4.69) is 22.2 Å². The maximum Gasteiger partial charge on any atom is 0.221 e. The molecule has 0 aliphatic carbocycles. The Kier molecular flexibility index (Phi) is 6.43. The van der Waals surface area contributed by atoms with E-state index in [1.807, 2.05) is 13.8 Å². The molecule has 102 valence electrons. The van der Waals surface area contributed by atoms with E-state index in [4.69, 9.17) is 9.84 Å². The second-order valence-electron chi connectivity index (χ2n) is 4.25. The van der Waals surface area contributed by atoms with Gasteiger partial charge in [0.15, 0.2) is 0 Å². The van der Waals surface area contributed by atoms with Crippen LogP contribution >= 0.6 is 0 Å². The van der Waals surface area contributed by atoms with E-state index in [-0.39, 0.29) is 6.61 Å². The van der Waals surface area contributed by atoms with Crippen LogP contribution in [0, 0.1) is 12.8 Å². The van der Waals surface area contributed by atoms with Gasteiger partial charge in [0.05, 0.1) is 12.2 Å². The molecule has 1 heterocycles. The Morgan fingerprint density at radius 3 is 2.78 bits per heavy atom. The number of aliphatic hydroxyl groups is 1. The third-order valence-corrected chi connectivity index (χ3v) is 2.99. The summed E-state index contributed by atoms with van der Waals surface area (Å²) in [5, 5.41) is 12.3. The summed E-state index contributed by atoms with van der Waals surface area (Å²) < 4.78 is 5.43. The maximum absolute atomic E-state index is 8.96. The highest BCUT2D eigenvalue weighted by atomic mass is 16.5. The van der Waals surface area contributed by atoms with Crippen LogP contribution in [0.25, 0.3) is 0 Å². The Balaban J connectivity index is 2.63. The van der Waals surface area contributed by atoms with Crippen molar-refractivity contribution in [3.63, 3.8) is 0 Å². The number of nitrogens with zero attached hydrogens (tertiary/aromatic N) is 2. The highest BCUT2D eigenvalue weighted by Crippen LogP contribution is 2.21. The van der Waals surface area contributed by atoms with Gasteiger partial charge < -0.3 is 15.2 Å². The lowest BCUT2D eigenvalue weighted by Crippen LogP contribution is -2.16. The fraction of sp³-hybridized carbons (Fsp3) is 0.692. The number of aromatic nitrogens is 2. The molecule has 0 bridgehead atoms. The Hall–Kier alpha value is -1.36. The molecule has 0 saturated heterocycles. The molecule has 2 N–H and O–H groups in total. The predicted octanol–water partition coefficient (Wildman–Crippen LogP) is 2.00. The minimum atomic E-state index is 0.229. The van der Waals surface area contributed by atoms with Crippen LogP contribution in [0.4, 0.5) is 5.82 Å². The predicted molar refractivity (Wildman–Crippen MR) is 71.9 cm³/mol. The first kappa shape index (κ1) is 14.7. The number of rotatable bonds is 8. The minimum Gasteiger partial charge on any atom is -0.478 e. The molecule has 1 aromatic rings. The fourth-order valence-corrected chi connectivity index (χ4v) is 1.77. The van der Waals surface area contributed by atoms with Crippen LogP contribution in [0.15, 0.2) is 6.33 Å². The molecule has 0 fully saturated rings. The van der Waals surface area contributed by atoms with Gasteiger partial charge >= 0.3 is 0 Å². The third kappa shape index (κ3) is 4.14. The average Bonchev–Trinajstić information content (AvgIpc) is 2.38. The Bertz CT molecular complexity index is 358. The Morgan fingerprint density at radius 2 is 2.17 bits per heavy atom. The first-order valence-corrected chi connectivity index (χ1v) is 6.52. The molecule has 0 aliphatic rings. The van der Waals surface area contributed by atoms with Crippen molar-refractivity contribution in [2.75, 3.05) is 25.1 Å². The standard InChI is InChI=1S/C13H23N3O2/c1-4-11(6-7-17)8-14-12-10(3)13(18-5-2)16-9-15-12/h9,11,17H,4-8H2,1-3H3,(H,14,15,16). The molecular weight excluding hydrogens is 230 g/mol.